The lowest BCUT2D eigenvalue weighted by molar-refractivity contribution is -0.152. The van der Waals surface area contributed by atoms with Crippen LogP contribution in [0.3, 0.4) is 0 Å². The number of hydrogen-bond acceptors (Lipinski definition) is 5. The van der Waals surface area contributed by atoms with Gasteiger partial charge in [0.25, 0.3) is 0 Å². The van der Waals surface area contributed by atoms with Gasteiger partial charge in [-0.1, -0.05) is 37.8 Å². The normalized spacial score (nSPS) is 27.9. The first-order valence-corrected chi connectivity index (χ1v) is 8.18. The number of rotatable bonds is 4. The van der Waals surface area contributed by atoms with Gasteiger partial charge in [-0.15, -0.1) is 0 Å². The molecule has 0 aliphatic heterocycles. The van der Waals surface area contributed by atoms with Gasteiger partial charge in [0, 0.05) is 5.92 Å². The number of aromatic nitrogens is 2. The minimum atomic E-state index is -0.712. The first-order valence-electron chi connectivity index (χ1n) is 8.18. The van der Waals surface area contributed by atoms with Crippen molar-refractivity contribution in [3.05, 3.63) is 11.7 Å². The molecule has 21 heavy (non-hydrogen) atoms. The molecule has 3 rings (SSSR count). The van der Waals surface area contributed by atoms with Crippen LogP contribution in [0.2, 0.25) is 0 Å². The van der Waals surface area contributed by atoms with Crippen molar-refractivity contribution in [2.24, 2.45) is 5.92 Å². The van der Waals surface area contributed by atoms with E-state index in [1.54, 1.807) is 0 Å². The third-order valence-electron chi connectivity index (χ3n) is 4.92. The van der Waals surface area contributed by atoms with Crippen LogP contribution >= 0.6 is 0 Å². The Hall–Kier alpha value is -1.39. The lowest BCUT2D eigenvalue weighted by Crippen LogP contribution is -2.37. The molecule has 2 aliphatic rings. The van der Waals surface area contributed by atoms with E-state index in [-0.39, 0.29) is 5.97 Å². The molecule has 5 heteroatoms. The monoisotopic (exact) mass is 292 g/mol. The fraction of sp³-hybridized carbons (Fsp3) is 0.812. The van der Waals surface area contributed by atoms with Crippen LogP contribution in [0.1, 0.15) is 76.4 Å². The largest absolute Gasteiger partial charge is 0.465 e. The fourth-order valence-electron chi connectivity index (χ4n) is 3.37. The molecule has 0 N–H and O–H groups in total. The van der Waals surface area contributed by atoms with E-state index in [1.807, 2.05) is 6.92 Å². The highest BCUT2D eigenvalue weighted by atomic mass is 16.5. The topological polar surface area (TPSA) is 65.2 Å². The van der Waals surface area contributed by atoms with Crippen LogP contribution in [0, 0.1) is 5.92 Å². The summed E-state index contributed by atoms with van der Waals surface area (Å²) in [5.74, 6) is 2.10. The summed E-state index contributed by atoms with van der Waals surface area (Å²) in [5.41, 5.74) is -0.712. The van der Waals surface area contributed by atoms with Crippen molar-refractivity contribution in [3.8, 4) is 0 Å². The predicted octanol–water partition coefficient (Wildman–Crippen LogP) is 3.35. The Morgan fingerprint density at radius 2 is 2.00 bits per heavy atom. The van der Waals surface area contributed by atoms with Crippen molar-refractivity contribution < 1.29 is 14.1 Å². The first kappa shape index (κ1) is 14.5. The highest BCUT2D eigenvalue weighted by Gasteiger charge is 2.48. The molecular formula is C16H24N2O3. The van der Waals surface area contributed by atoms with E-state index in [0.717, 1.165) is 50.8 Å². The molecular weight excluding hydrogens is 268 g/mol. The number of hydrogen-bond donors (Lipinski definition) is 0. The van der Waals surface area contributed by atoms with Gasteiger partial charge in [0.05, 0.1) is 6.61 Å². The highest BCUT2D eigenvalue weighted by molar-refractivity contribution is 5.81. The summed E-state index contributed by atoms with van der Waals surface area (Å²) in [6.45, 7) is 4.42. The summed E-state index contributed by atoms with van der Waals surface area (Å²) < 4.78 is 10.9. The Bertz CT molecular complexity index is 503. The Balaban J connectivity index is 1.90. The molecule has 2 unspecified atom stereocenters. The third-order valence-corrected chi connectivity index (χ3v) is 4.92. The molecule has 0 saturated heterocycles. The van der Waals surface area contributed by atoms with Crippen LogP contribution in [0.4, 0.5) is 0 Å². The molecule has 0 aromatic carbocycles. The SMILES string of the molecule is CCOC(=O)C1(c2nc(C3CC3C)no2)CCCCCC1. The van der Waals surface area contributed by atoms with Gasteiger partial charge in [-0.25, -0.2) is 0 Å². The maximum absolute atomic E-state index is 12.6. The molecule has 2 saturated carbocycles. The van der Waals surface area contributed by atoms with Gasteiger partial charge in [-0.3, -0.25) is 4.79 Å². The molecule has 5 nitrogen and oxygen atoms in total. The van der Waals surface area contributed by atoms with E-state index < -0.39 is 5.41 Å². The summed E-state index contributed by atoms with van der Waals surface area (Å²) >= 11 is 0. The molecule has 2 fully saturated rings. The molecule has 2 aliphatic carbocycles. The Labute approximate surface area is 125 Å². The zero-order chi connectivity index (χ0) is 14.9. The molecule has 2 atom stereocenters. The average molecular weight is 292 g/mol. The number of ether oxygens (including phenoxy) is 1. The second-order valence-corrected chi connectivity index (χ2v) is 6.49. The summed E-state index contributed by atoms with van der Waals surface area (Å²) in [5, 5.41) is 4.13. The summed E-state index contributed by atoms with van der Waals surface area (Å²) in [6, 6.07) is 0. The van der Waals surface area contributed by atoms with Crippen LogP contribution in [0.25, 0.3) is 0 Å². The van der Waals surface area contributed by atoms with Crippen LogP contribution in [-0.4, -0.2) is 22.7 Å². The van der Waals surface area contributed by atoms with Gasteiger partial charge in [-0.2, -0.15) is 4.98 Å². The van der Waals surface area contributed by atoms with Crippen molar-refractivity contribution in [3.63, 3.8) is 0 Å². The molecule has 116 valence electrons. The van der Waals surface area contributed by atoms with Gasteiger partial charge < -0.3 is 9.26 Å². The minimum absolute atomic E-state index is 0.189. The van der Waals surface area contributed by atoms with Crippen LogP contribution < -0.4 is 0 Å². The van der Waals surface area contributed by atoms with E-state index in [9.17, 15) is 4.79 Å². The van der Waals surface area contributed by atoms with Crippen LogP contribution in [-0.2, 0) is 14.9 Å². The van der Waals surface area contributed by atoms with Crippen molar-refractivity contribution in [1.29, 1.82) is 0 Å². The third kappa shape index (κ3) is 2.70. The van der Waals surface area contributed by atoms with E-state index in [2.05, 4.69) is 17.1 Å². The standard InChI is InChI=1S/C16H24N2O3/c1-3-20-15(19)16(8-6-4-5-7-9-16)14-17-13(18-21-14)12-10-11(12)2/h11-12H,3-10H2,1-2H3. The Morgan fingerprint density at radius 3 is 2.57 bits per heavy atom. The van der Waals surface area contributed by atoms with Gasteiger partial charge in [0.15, 0.2) is 5.82 Å². The van der Waals surface area contributed by atoms with Crippen molar-refractivity contribution in [2.75, 3.05) is 6.61 Å². The lowest BCUT2D eigenvalue weighted by Gasteiger charge is -2.25. The van der Waals surface area contributed by atoms with Crippen molar-refractivity contribution in [2.45, 2.75) is 70.1 Å². The van der Waals surface area contributed by atoms with E-state index in [1.165, 1.54) is 0 Å². The molecule has 0 radical (unpaired) electrons. The lowest BCUT2D eigenvalue weighted by atomic mass is 9.80. The second kappa shape index (κ2) is 5.78. The van der Waals surface area contributed by atoms with Crippen LogP contribution in [0.15, 0.2) is 4.52 Å². The van der Waals surface area contributed by atoms with Gasteiger partial charge in [-0.05, 0) is 32.1 Å². The van der Waals surface area contributed by atoms with Gasteiger partial charge in [0.1, 0.15) is 5.41 Å². The first-order chi connectivity index (χ1) is 10.2. The average Bonchev–Trinajstić information content (AvgIpc) is 3.09. The molecule has 0 spiro atoms. The van der Waals surface area contributed by atoms with Crippen molar-refractivity contribution in [1.82, 2.24) is 10.1 Å². The number of carbonyl (C=O) groups excluding carboxylic acids is 1. The maximum atomic E-state index is 12.6. The fourth-order valence-corrected chi connectivity index (χ4v) is 3.37. The Kier molecular flexibility index (Phi) is 4.00. The van der Waals surface area contributed by atoms with Crippen molar-refractivity contribution >= 4 is 5.97 Å². The molecule has 1 heterocycles. The van der Waals surface area contributed by atoms with Gasteiger partial charge in [0.2, 0.25) is 5.89 Å². The Morgan fingerprint density at radius 1 is 1.33 bits per heavy atom. The second-order valence-electron chi connectivity index (χ2n) is 6.49. The molecule has 0 bridgehead atoms. The van der Waals surface area contributed by atoms with E-state index >= 15 is 0 Å². The maximum Gasteiger partial charge on any atom is 0.321 e. The minimum Gasteiger partial charge on any atom is -0.465 e. The predicted molar refractivity (Wildman–Crippen MR) is 76.8 cm³/mol. The number of nitrogens with zero attached hydrogens (tertiary/aromatic N) is 2. The van der Waals surface area contributed by atoms with Crippen LogP contribution in [0.5, 0.6) is 0 Å². The van der Waals surface area contributed by atoms with E-state index in [0.29, 0.717) is 24.3 Å². The molecule has 1 aromatic rings. The van der Waals surface area contributed by atoms with E-state index in [4.69, 9.17) is 9.26 Å². The number of esters is 1. The summed E-state index contributed by atoms with van der Waals surface area (Å²) in [7, 11) is 0. The molecule has 0 amide bonds. The highest BCUT2D eigenvalue weighted by Crippen LogP contribution is 2.46. The smallest absolute Gasteiger partial charge is 0.321 e. The number of carbonyl (C=O) groups is 1. The quantitative estimate of drug-likeness (QED) is 0.629. The molecule has 1 aromatic heterocycles. The zero-order valence-electron chi connectivity index (χ0n) is 12.9. The zero-order valence-corrected chi connectivity index (χ0v) is 12.9. The summed E-state index contributed by atoms with van der Waals surface area (Å²) in [4.78, 5) is 17.2. The van der Waals surface area contributed by atoms with Gasteiger partial charge >= 0.3 is 5.97 Å². The summed E-state index contributed by atoms with van der Waals surface area (Å²) in [6.07, 6.45) is 6.96.